The quantitative estimate of drug-likeness (QED) is 0.748. The van der Waals surface area contributed by atoms with Gasteiger partial charge in [-0.3, -0.25) is 0 Å². The summed E-state index contributed by atoms with van der Waals surface area (Å²) in [7, 11) is 0. The zero-order valence-corrected chi connectivity index (χ0v) is 12.3. The number of benzene rings is 1. The van der Waals surface area contributed by atoms with E-state index in [-0.39, 0.29) is 0 Å². The van der Waals surface area contributed by atoms with E-state index in [4.69, 9.17) is 9.47 Å². The number of hydrogen-bond acceptors (Lipinski definition) is 3. The van der Waals surface area contributed by atoms with Crippen LogP contribution in [-0.2, 0) is 11.3 Å². The summed E-state index contributed by atoms with van der Waals surface area (Å²) in [5.74, 6) is 0.936. The van der Waals surface area contributed by atoms with Crippen LogP contribution >= 0.6 is 15.9 Å². The second kappa shape index (κ2) is 7.12. The predicted molar refractivity (Wildman–Crippen MR) is 76.0 cm³/mol. The van der Waals surface area contributed by atoms with Gasteiger partial charge in [0.2, 0.25) is 0 Å². The molecule has 1 aromatic carbocycles. The first-order chi connectivity index (χ1) is 8.81. The highest BCUT2D eigenvalue weighted by Gasteiger charge is 2.20. The Kier molecular flexibility index (Phi) is 5.47. The molecule has 1 aliphatic carbocycles. The fraction of sp³-hybridized carbons (Fsp3) is 0.571. The van der Waals surface area contributed by atoms with Gasteiger partial charge in [0.05, 0.1) is 11.1 Å². The number of rotatable bonds is 8. The van der Waals surface area contributed by atoms with Gasteiger partial charge in [0.25, 0.3) is 0 Å². The summed E-state index contributed by atoms with van der Waals surface area (Å²) in [5, 5.41) is 3.51. The van der Waals surface area contributed by atoms with Crippen LogP contribution in [0.15, 0.2) is 22.7 Å². The van der Waals surface area contributed by atoms with Gasteiger partial charge in [-0.25, -0.2) is 0 Å². The monoisotopic (exact) mass is 313 g/mol. The van der Waals surface area contributed by atoms with Gasteiger partial charge in [-0.05, 0) is 41.8 Å². The Balaban J connectivity index is 1.91. The van der Waals surface area contributed by atoms with Crippen molar-refractivity contribution >= 4 is 15.9 Å². The molecular weight excluding hydrogens is 294 g/mol. The molecule has 1 fully saturated rings. The predicted octanol–water partition coefficient (Wildman–Crippen LogP) is 3.12. The van der Waals surface area contributed by atoms with Crippen molar-refractivity contribution in [3.8, 4) is 5.75 Å². The molecule has 0 heterocycles. The summed E-state index contributed by atoms with van der Waals surface area (Å²) < 4.78 is 12.1. The number of hydrogen-bond donors (Lipinski definition) is 1. The average Bonchev–Trinajstić information content (AvgIpc) is 3.18. The van der Waals surface area contributed by atoms with Crippen LogP contribution in [-0.4, -0.2) is 25.9 Å². The van der Waals surface area contributed by atoms with Crippen molar-refractivity contribution in [3.63, 3.8) is 0 Å². The van der Waals surface area contributed by atoms with E-state index in [0.29, 0.717) is 19.3 Å². The Hall–Kier alpha value is -0.580. The van der Waals surface area contributed by atoms with Crippen molar-refractivity contribution < 1.29 is 9.47 Å². The highest BCUT2D eigenvalue weighted by Crippen LogP contribution is 2.30. The van der Waals surface area contributed by atoms with Crippen LogP contribution in [0.25, 0.3) is 0 Å². The highest BCUT2D eigenvalue weighted by molar-refractivity contribution is 9.10. The molecule has 1 aromatic rings. The summed E-state index contributed by atoms with van der Waals surface area (Å²) in [6.45, 7) is 4.81. The fourth-order valence-corrected chi connectivity index (χ4v) is 2.26. The maximum Gasteiger partial charge on any atom is 0.138 e. The molecule has 0 unspecified atom stereocenters. The standard InChI is InChI=1S/C14H20BrNO2/c1-2-17-8-9-18-14-11(4-3-5-13(14)15)10-16-12-6-7-12/h3-5,12,16H,2,6-10H2,1H3. The Morgan fingerprint density at radius 1 is 1.33 bits per heavy atom. The van der Waals surface area contributed by atoms with Gasteiger partial charge in [0.1, 0.15) is 12.4 Å². The Morgan fingerprint density at radius 3 is 2.89 bits per heavy atom. The van der Waals surface area contributed by atoms with E-state index in [9.17, 15) is 0 Å². The third kappa shape index (κ3) is 4.26. The van der Waals surface area contributed by atoms with Gasteiger partial charge in [-0.1, -0.05) is 12.1 Å². The number of halogens is 1. The summed E-state index contributed by atoms with van der Waals surface area (Å²) in [5.41, 5.74) is 1.20. The van der Waals surface area contributed by atoms with Crippen LogP contribution in [0.1, 0.15) is 25.3 Å². The molecule has 0 radical (unpaired) electrons. The molecule has 3 nitrogen and oxygen atoms in total. The van der Waals surface area contributed by atoms with Gasteiger partial charge < -0.3 is 14.8 Å². The molecule has 1 saturated carbocycles. The van der Waals surface area contributed by atoms with Crippen molar-refractivity contribution in [2.75, 3.05) is 19.8 Å². The summed E-state index contributed by atoms with van der Waals surface area (Å²) >= 11 is 3.55. The van der Waals surface area contributed by atoms with Crippen LogP contribution in [0.5, 0.6) is 5.75 Å². The molecule has 0 amide bonds. The van der Waals surface area contributed by atoms with Crippen LogP contribution in [0.4, 0.5) is 0 Å². The minimum atomic E-state index is 0.590. The highest BCUT2D eigenvalue weighted by atomic mass is 79.9. The van der Waals surface area contributed by atoms with Gasteiger partial charge in [0, 0.05) is 24.8 Å². The van der Waals surface area contributed by atoms with E-state index in [1.54, 1.807) is 0 Å². The van der Waals surface area contributed by atoms with E-state index in [0.717, 1.165) is 23.4 Å². The molecule has 0 saturated heterocycles. The van der Waals surface area contributed by atoms with E-state index in [2.05, 4.69) is 27.3 Å². The van der Waals surface area contributed by atoms with Crippen LogP contribution in [0, 0.1) is 0 Å². The molecule has 0 bridgehead atoms. The largest absolute Gasteiger partial charge is 0.490 e. The first kappa shape index (κ1) is 13.8. The molecule has 100 valence electrons. The second-order valence-corrected chi connectivity index (χ2v) is 5.28. The number of nitrogens with one attached hydrogen (secondary N) is 1. The Bertz CT molecular complexity index is 380. The average molecular weight is 314 g/mol. The topological polar surface area (TPSA) is 30.5 Å². The molecule has 0 aromatic heterocycles. The number of para-hydroxylation sites is 1. The molecule has 1 N–H and O–H groups in total. The number of ether oxygens (including phenoxy) is 2. The van der Waals surface area contributed by atoms with Gasteiger partial charge in [-0.2, -0.15) is 0 Å². The lowest BCUT2D eigenvalue weighted by Gasteiger charge is -2.13. The molecule has 0 aliphatic heterocycles. The van der Waals surface area contributed by atoms with Crippen molar-refractivity contribution in [2.45, 2.75) is 32.4 Å². The first-order valence-corrected chi connectivity index (χ1v) is 7.32. The van der Waals surface area contributed by atoms with E-state index < -0.39 is 0 Å². The van der Waals surface area contributed by atoms with Crippen LogP contribution in [0.3, 0.4) is 0 Å². The van der Waals surface area contributed by atoms with E-state index >= 15 is 0 Å². The zero-order chi connectivity index (χ0) is 12.8. The van der Waals surface area contributed by atoms with E-state index in [1.807, 2.05) is 19.1 Å². The zero-order valence-electron chi connectivity index (χ0n) is 10.7. The third-order valence-electron chi connectivity index (χ3n) is 2.89. The molecule has 1 aliphatic rings. The van der Waals surface area contributed by atoms with Crippen LogP contribution < -0.4 is 10.1 Å². The molecular formula is C14H20BrNO2. The van der Waals surface area contributed by atoms with Crippen molar-refractivity contribution in [3.05, 3.63) is 28.2 Å². The normalized spacial score (nSPS) is 14.8. The first-order valence-electron chi connectivity index (χ1n) is 6.52. The maximum atomic E-state index is 5.81. The third-order valence-corrected chi connectivity index (χ3v) is 3.51. The summed E-state index contributed by atoms with van der Waals surface area (Å²) in [6.07, 6.45) is 2.60. The van der Waals surface area contributed by atoms with Gasteiger partial charge in [-0.15, -0.1) is 0 Å². The Labute approximate surface area is 117 Å². The van der Waals surface area contributed by atoms with Gasteiger partial charge >= 0.3 is 0 Å². The molecule has 0 spiro atoms. The molecule has 2 rings (SSSR count). The maximum absolute atomic E-state index is 5.81. The smallest absolute Gasteiger partial charge is 0.138 e. The molecule has 4 heteroatoms. The second-order valence-electron chi connectivity index (χ2n) is 4.43. The molecule has 0 atom stereocenters. The lowest BCUT2D eigenvalue weighted by molar-refractivity contribution is 0.109. The van der Waals surface area contributed by atoms with Gasteiger partial charge in [0.15, 0.2) is 0 Å². The lowest BCUT2D eigenvalue weighted by Crippen LogP contribution is -2.17. The Morgan fingerprint density at radius 2 is 2.17 bits per heavy atom. The van der Waals surface area contributed by atoms with Crippen LogP contribution in [0.2, 0.25) is 0 Å². The minimum absolute atomic E-state index is 0.590. The fourth-order valence-electron chi connectivity index (χ4n) is 1.74. The minimum Gasteiger partial charge on any atom is -0.490 e. The summed E-state index contributed by atoms with van der Waals surface area (Å²) in [6, 6.07) is 6.87. The lowest BCUT2D eigenvalue weighted by atomic mass is 10.2. The van der Waals surface area contributed by atoms with E-state index in [1.165, 1.54) is 18.4 Å². The van der Waals surface area contributed by atoms with Crippen molar-refractivity contribution in [1.29, 1.82) is 0 Å². The van der Waals surface area contributed by atoms with Crippen molar-refractivity contribution in [2.24, 2.45) is 0 Å². The summed E-state index contributed by atoms with van der Waals surface area (Å²) in [4.78, 5) is 0. The molecule has 18 heavy (non-hydrogen) atoms. The SMILES string of the molecule is CCOCCOc1c(Br)cccc1CNC1CC1. The van der Waals surface area contributed by atoms with Crippen molar-refractivity contribution in [1.82, 2.24) is 5.32 Å².